The molecule has 3 nitrogen and oxygen atoms in total. The van der Waals surface area contributed by atoms with Crippen molar-refractivity contribution in [1.82, 2.24) is 4.90 Å². The largest absolute Gasteiger partial charge is 0.496 e. The Morgan fingerprint density at radius 2 is 2.14 bits per heavy atom. The summed E-state index contributed by atoms with van der Waals surface area (Å²) < 4.78 is 5.48. The third-order valence-corrected chi connectivity index (χ3v) is 5.59. The first-order valence-electron chi connectivity index (χ1n) is 8.10. The lowest BCUT2D eigenvalue weighted by Crippen LogP contribution is -2.57. The van der Waals surface area contributed by atoms with E-state index in [1.165, 1.54) is 24.8 Å². The average molecular weight is 290 g/mol. The molecule has 0 radical (unpaired) electrons. The van der Waals surface area contributed by atoms with Gasteiger partial charge in [0.15, 0.2) is 0 Å². The van der Waals surface area contributed by atoms with Gasteiger partial charge < -0.3 is 10.5 Å². The summed E-state index contributed by atoms with van der Waals surface area (Å²) in [5.74, 6) is 1.66. The van der Waals surface area contributed by atoms with Crippen LogP contribution in [0.1, 0.15) is 38.7 Å². The highest BCUT2D eigenvalue weighted by atomic mass is 16.5. The Labute approximate surface area is 129 Å². The first-order chi connectivity index (χ1) is 10.0. The fourth-order valence-corrected chi connectivity index (χ4v) is 3.97. The predicted molar refractivity (Wildman–Crippen MR) is 88.7 cm³/mol. The fourth-order valence-electron chi connectivity index (χ4n) is 3.97. The Balaban J connectivity index is 2.14. The summed E-state index contributed by atoms with van der Waals surface area (Å²) in [6.45, 7) is 5.40. The zero-order valence-corrected chi connectivity index (χ0v) is 13.9. The van der Waals surface area contributed by atoms with Gasteiger partial charge in [-0.15, -0.1) is 0 Å². The summed E-state index contributed by atoms with van der Waals surface area (Å²) in [5.41, 5.74) is 7.62. The van der Waals surface area contributed by atoms with Crippen LogP contribution in [0.2, 0.25) is 0 Å². The van der Waals surface area contributed by atoms with Crippen molar-refractivity contribution >= 4 is 0 Å². The Morgan fingerprint density at radius 1 is 1.43 bits per heavy atom. The summed E-state index contributed by atoms with van der Waals surface area (Å²) in [6.07, 6.45) is 4.80. The van der Waals surface area contributed by atoms with Gasteiger partial charge in [-0.1, -0.05) is 31.5 Å². The minimum atomic E-state index is 0.168. The molecule has 1 aliphatic rings. The maximum Gasteiger partial charge on any atom is 0.122 e. The number of likely N-dealkylation sites (N-methyl/N-ethyl adjacent to an activating group) is 1. The standard InChI is InChI=1S/C18H30N2O/c1-14-8-7-11-18(14,13-19)20(3)15(2)12-16-9-5-6-10-17(16)21-4/h5-6,9-10,14-15H,7-8,11-13,19H2,1-4H3. The molecule has 0 bridgehead atoms. The highest BCUT2D eigenvalue weighted by molar-refractivity contribution is 5.33. The number of hydrogen-bond donors (Lipinski definition) is 1. The van der Waals surface area contributed by atoms with E-state index in [9.17, 15) is 0 Å². The van der Waals surface area contributed by atoms with Crippen LogP contribution in [-0.4, -0.2) is 37.2 Å². The summed E-state index contributed by atoms with van der Waals surface area (Å²) in [4.78, 5) is 2.52. The zero-order chi connectivity index (χ0) is 15.5. The quantitative estimate of drug-likeness (QED) is 0.875. The molecule has 21 heavy (non-hydrogen) atoms. The van der Waals surface area contributed by atoms with Crippen LogP contribution in [0.25, 0.3) is 0 Å². The molecular formula is C18H30N2O. The predicted octanol–water partition coefficient (Wildman–Crippen LogP) is 3.08. The van der Waals surface area contributed by atoms with Gasteiger partial charge in [0.25, 0.3) is 0 Å². The lowest BCUT2D eigenvalue weighted by atomic mass is 9.85. The van der Waals surface area contributed by atoms with Crippen molar-refractivity contribution in [1.29, 1.82) is 0 Å². The van der Waals surface area contributed by atoms with Crippen LogP contribution in [0, 0.1) is 5.92 Å². The van der Waals surface area contributed by atoms with Crippen LogP contribution in [-0.2, 0) is 6.42 Å². The van der Waals surface area contributed by atoms with Gasteiger partial charge in [-0.25, -0.2) is 0 Å². The smallest absolute Gasteiger partial charge is 0.122 e. The molecule has 1 fully saturated rings. The molecule has 0 heterocycles. The van der Waals surface area contributed by atoms with E-state index in [1.807, 2.05) is 12.1 Å². The first kappa shape index (κ1) is 16.3. The zero-order valence-electron chi connectivity index (χ0n) is 13.9. The summed E-state index contributed by atoms with van der Waals surface area (Å²) in [7, 11) is 3.99. The van der Waals surface area contributed by atoms with Gasteiger partial charge in [-0.2, -0.15) is 0 Å². The Kier molecular flexibility index (Phi) is 5.28. The van der Waals surface area contributed by atoms with E-state index in [0.29, 0.717) is 12.0 Å². The van der Waals surface area contributed by atoms with E-state index >= 15 is 0 Å². The number of rotatable bonds is 6. The Bertz CT molecular complexity index is 462. The molecule has 0 amide bonds. The Hall–Kier alpha value is -1.06. The van der Waals surface area contributed by atoms with Crippen molar-refractivity contribution < 1.29 is 4.74 Å². The van der Waals surface area contributed by atoms with Gasteiger partial charge in [-0.05, 0) is 50.8 Å². The molecule has 3 unspecified atom stereocenters. The number of nitrogens with two attached hydrogens (primary N) is 1. The average Bonchev–Trinajstić information content (AvgIpc) is 2.88. The maximum atomic E-state index is 6.18. The molecule has 3 heteroatoms. The number of para-hydroxylation sites is 1. The van der Waals surface area contributed by atoms with E-state index in [0.717, 1.165) is 18.7 Å². The SMILES string of the molecule is COc1ccccc1CC(C)N(C)C1(CN)CCCC1C. The molecule has 3 atom stereocenters. The van der Waals surface area contributed by atoms with E-state index in [4.69, 9.17) is 10.5 Å². The first-order valence-corrected chi connectivity index (χ1v) is 8.10. The number of hydrogen-bond acceptors (Lipinski definition) is 3. The van der Waals surface area contributed by atoms with Crippen LogP contribution < -0.4 is 10.5 Å². The number of ether oxygens (including phenoxy) is 1. The van der Waals surface area contributed by atoms with Crippen LogP contribution in [0.3, 0.4) is 0 Å². The van der Waals surface area contributed by atoms with Crippen LogP contribution in [0.4, 0.5) is 0 Å². The molecule has 2 N–H and O–H groups in total. The molecule has 2 rings (SSSR count). The van der Waals surface area contributed by atoms with Crippen molar-refractivity contribution in [2.45, 2.75) is 51.1 Å². The van der Waals surface area contributed by atoms with Crippen molar-refractivity contribution in [3.05, 3.63) is 29.8 Å². The Morgan fingerprint density at radius 3 is 2.71 bits per heavy atom. The molecule has 1 saturated carbocycles. The van der Waals surface area contributed by atoms with Crippen molar-refractivity contribution in [3.63, 3.8) is 0 Å². The summed E-state index contributed by atoms with van der Waals surface area (Å²) in [6, 6.07) is 8.76. The van der Waals surface area contributed by atoms with Crippen LogP contribution in [0.5, 0.6) is 5.75 Å². The highest BCUT2D eigenvalue weighted by Crippen LogP contribution is 2.40. The molecule has 1 aromatic rings. The molecule has 0 aromatic heterocycles. The minimum Gasteiger partial charge on any atom is -0.496 e. The third-order valence-electron chi connectivity index (χ3n) is 5.59. The molecule has 0 spiro atoms. The van der Waals surface area contributed by atoms with Crippen LogP contribution in [0.15, 0.2) is 24.3 Å². The second kappa shape index (κ2) is 6.80. The van der Waals surface area contributed by atoms with Crippen molar-refractivity contribution in [3.8, 4) is 5.75 Å². The highest BCUT2D eigenvalue weighted by Gasteiger charge is 2.43. The monoisotopic (exact) mass is 290 g/mol. The molecule has 118 valence electrons. The maximum absolute atomic E-state index is 6.18. The normalized spacial score (nSPS) is 27.0. The molecular weight excluding hydrogens is 260 g/mol. The third kappa shape index (κ3) is 3.09. The molecule has 0 aliphatic heterocycles. The number of nitrogens with zero attached hydrogens (tertiary/aromatic N) is 1. The van der Waals surface area contributed by atoms with Gasteiger partial charge in [0.05, 0.1) is 7.11 Å². The van der Waals surface area contributed by atoms with Gasteiger partial charge in [0.1, 0.15) is 5.75 Å². The second-order valence-electron chi connectivity index (χ2n) is 6.58. The summed E-state index contributed by atoms with van der Waals surface area (Å²) >= 11 is 0. The fraction of sp³-hybridized carbons (Fsp3) is 0.667. The van der Waals surface area contributed by atoms with Gasteiger partial charge in [0.2, 0.25) is 0 Å². The van der Waals surface area contributed by atoms with E-state index in [2.05, 4.69) is 37.9 Å². The van der Waals surface area contributed by atoms with E-state index < -0.39 is 0 Å². The minimum absolute atomic E-state index is 0.168. The molecule has 0 saturated heterocycles. The van der Waals surface area contributed by atoms with E-state index in [-0.39, 0.29) is 5.54 Å². The topological polar surface area (TPSA) is 38.5 Å². The van der Waals surface area contributed by atoms with Gasteiger partial charge >= 0.3 is 0 Å². The number of methoxy groups -OCH3 is 1. The van der Waals surface area contributed by atoms with Gasteiger partial charge in [0, 0.05) is 18.1 Å². The van der Waals surface area contributed by atoms with Gasteiger partial charge in [-0.3, -0.25) is 4.90 Å². The van der Waals surface area contributed by atoms with Crippen molar-refractivity contribution in [2.75, 3.05) is 20.7 Å². The van der Waals surface area contributed by atoms with Crippen molar-refractivity contribution in [2.24, 2.45) is 11.7 Å². The lowest BCUT2D eigenvalue weighted by Gasteiger charge is -2.45. The second-order valence-corrected chi connectivity index (χ2v) is 6.58. The molecule has 1 aliphatic carbocycles. The summed E-state index contributed by atoms with van der Waals surface area (Å²) in [5, 5.41) is 0. The van der Waals surface area contributed by atoms with E-state index in [1.54, 1.807) is 7.11 Å². The lowest BCUT2D eigenvalue weighted by molar-refractivity contribution is 0.0557. The molecule has 1 aromatic carbocycles. The number of benzene rings is 1. The van der Waals surface area contributed by atoms with Crippen LogP contribution >= 0.6 is 0 Å².